The molecule has 3 N–H and O–H groups in total. The molecule has 28 heavy (non-hydrogen) atoms. The number of piperidine rings is 1. The van der Waals surface area contributed by atoms with Gasteiger partial charge < -0.3 is 19.8 Å². The van der Waals surface area contributed by atoms with Crippen LogP contribution in [0.5, 0.6) is 0 Å². The van der Waals surface area contributed by atoms with Crippen LogP contribution in [0.1, 0.15) is 12.8 Å². The quantitative estimate of drug-likeness (QED) is 0.621. The Hall–Kier alpha value is -1.89. The topological polar surface area (TPSA) is 116 Å². The molecular weight excluding hydrogens is 405 g/mol. The molecule has 1 aromatic carbocycles. The van der Waals surface area contributed by atoms with Crippen LogP contribution in [0.4, 0.5) is 18.0 Å². The largest absolute Gasteiger partial charge is 0.434 e. The number of aliphatic hydroxyl groups is 2. The molecule has 1 aromatic rings. The summed E-state index contributed by atoms with van der Waals surface area (Å²) in [7, 11) is -3.83. The Morgan fingerprint density at radius 2 is 1.82 bits per heavy atom. The van der Waals surface area contributed by atoms with Crippen LogP contribution < -0.4 is 4.72 Å². The first-order chi connectivity index (χ1) is 13.0. The van der Waals surface area contributed by atoms with E-state index in [4.69, 9.17) is 5.11 Å². The number of amides is 1. The molecule has 1 aliphatic rings. The smallest absolute Gasteiger partial charge is 0.427 e. The van der Waals surface area contributed by atoms with Crippen molar-refractivity contribution in [3.63, 3.8) is 0 Å². The minimum absolute atomic E-state index is 0.0295. The number of hydrogen-bond donors (Lipinski definition) is 3. The Kier molecular flexibility index (Phi) is 6.91. The van der Waals surface area contributed by atoms with Crippen LogP contribution in [-0.4, -0.2) is 73.7 Å². The molecule has 0 saturated carbocycles. The summed E-state index contributed by atoms with van der Waals surface area (Å²) in [6.07, 6.45) is -8.90. The van der Waals surface area contributed by atoms with Gasteiger partial charge in [-0.25, -0.2) is 17.9 Å². The van der Waals surface area contributed by atoms with Gasteiger partial charge in [0.1, 0.15) is 0 Å². The zero-order valence-corrected chi connectivity index (χ0v) is 15.5. The van der Waals surface area contributed by atoms with E-state index in [-0.39, 0.29) is 37.4 Å². The van der Waals surface area contributed by atoms with Crippen molar-refractivity contribution >= 4 is 16.1 Å². The first kappa shape index (κ1) is 22.4. The Morgan fingerprint density at radius 1 is 1.25 bits per heavy atom. The third kappa shape index (κ3) is 5.80. The van der Waals surface area contributed by atoms with Gasteiger partial charge in [-0.15, -0.1) is 0 Å². The molecule has 0 aromatic heterocycles. The van der Waals surface area contributed by atoms with Gasteiger partial charge in [0.2, 0.25) is 16.1 Å². The minimum atomic E-state index is -4.89. The molecule has 1 amide bonds. The molecular formula is C16H21F3N2O6S. The second-order valence-corrected chi connectivity index (χ2v) is 8.21. The Morgan fingerprint density at radius 3 is 2.32 bits per heavy atom. The number of hydrogen-bond acceptors (Lipinski definition) is 6. The molecule has 1 fully saturated rings. The molecule has 8 nitrogen and oxygen atoms in total. The van der Waals surface area contributed by atoms with Crippen LogP contribution in [0.2, 0.25) is 0 Å². The van der Waals surface area contributed by atoms with Crippen molar-refractivity contribution in [2.45, 2.75) is 35.6 Å². The lowest BCUT2D eigenvalue weighted by Crippen LogP contribution is -2.53. The molecule has 0 radical (unpaired) electrons. The van der Waals surface area contributed by atoms with E-state index in [1.807, 2.05) is 0 Å². The van der Waals surface area contributed by atoms with E-state index < -0.39 is 40.6 Å². The molecule has 0 bridgehead atoms. The van der Waals surface area contributed by atoms with E-state index in [0.717, 1.165) is 4.90 Å². The molecule has 1 saturated heterocycles. The van der Waals surface area contributed by atoms with E-state index in [2.05, 4.69) is 9.46 Å². The number of sulfonamides is 1. The maximum absolute atomic E-state index is 12.6. The second-order valence-electron chi connectivity index (χ2n) is 6.45. The fourth-order valence-electron chi connectivity index (χ4n) is 2.60. The van der Waals surface area contributed by atoms with Crippen molar-refractivity contribution in [2.75, 3.05) is 26.2 Å². The van der Waals surface area contributed by atoms with Crippen LogP contribution in [-0.2, 0) is 14.8 Å². The van der Waals surface area contributed by atoms with Gasteiger partial charge in [0.25, 0.3) is 0 Å². The molecule has 1 aliphatic heterocycles. The van der Waals surface area contributed by atoms with Crippen molar-refractivity contribution < 1.29 is 41.3 Å². The van der Waals surface area contributed by atoms with E-state index in [1.54, 1.807) is 18.2 Å². The van der Waals surface area contributed by atoms with E-state index in [0.29, 0.717) is 0 Å². The van der Waals surface area contributed by atoms with Gasteiger partial charge in [-0.2, -0.15) is 13.2 Å². The normalized spacial score (nSPS) is 18.5. The fourth-order valence-corrected chi connectivity index (χ4v) is 3.74. The van der Waals surface area contributed by atoms with Gasteiger partial charge in [0.15, 0.2) is 0 Å². The summed E-state index contributed by atoms with van der Waals surface area (Å²) in [5, 5.41) is 19.2. The number of alkyl halides is 3. The highest BCUT2D eigenvalue weighted by Gasteiger charge is 2.44. The highest BCUT2D eigenvalue weighted by atomic mass is 32.2. The zero-order valence-electron chi connectivity index (χ0n) is 14.7. The monoisotopic (exact) mass is 426 g/mol. The summed E-state index contributed by atoms with van der Waals surface area (Å²) < 4.78 is 68.6. The van der Waals surface area contributed by atoms with Crippen molar-refractivity contribution in [1.82, 2.24) is 9.62 Å². The number of carbonyl (C=O) groups excluding carboxylic acids is 1. The number of rotatable bonds is 6. The molecule has 12 heteroatoms. The molecule has 0 spiro atoms. The highest BCUT2D eigenvalue weighted by Crippen LogP contribution is 2.26. The van der Waals surface area contributed by atoms with Gasteiger partial charge >= 0.3 is 12.3 Å². The van der Waals surface area contributed by atoms with Crippen molar-refractivity contribution in [2.24, 2.45) is 0 Å². The fraction of sp³-hybridized carbons (Fsp3) is 0.562. The Labute approximate surface area is 160 Å². The zero-order chi connectivity index (χ0) is 21.0. The molecule has 158 valence electrons. The predicted octanol–water partition coefficient (Wildman–Crippen LogP) is 0.852. The third-order valence-electron chi connectivity index (χ3n) is 4.37. The number of halogens is 3. The van der Waals surface area contributed by atoms with Crippen LogP contribution in [0, 0.1) is 0 Å². The summed E-state index contributed by atoms with van der Waals surface area (Å²) in [6.45, 7) is -1.96. The van der Waals surface area contributed by atoms with Crippen LogP contribution in [0.25, 0.3) is 0 Å². The number of nitrogens with zero attached hydrogens (tertiary/aromatic N) is 1. The molecule has 0 aliphatic carbocycles. The molecule has 1 unspecified atom stereocenters. The number of ether oxygens (including phenoxy) is 1. The number of nitrogens with one attached hydrogen (secondary N) is 1. The van der Waals surface area contributed by atoms with Gasteiger partial charge in [0, 0.05) is 19.6 Å². The second kappa shape index (κ2) is 8.64. The maximum Gasteiger partial charge on any atom is 0.427 e. The average molecular weight is 426 g/mol. The van der Waals surface area contributed by atoms with Crippen LogP contribution in [0.15, 0.2) is 35.2 Å². The highest BCUT2D eigenvalue weighted by molar-refractivity contribution is 7.89. The molecule has 1 atom stereocenters. The number of aliphatic hydroxyl groups excluding tert-OH is 1. The summed E-state index contributed by atoms with van der Waals surface area (Å²) in [4.78, 5) is 12.8. The number of carbonyl (C=O) groups is 1. The summed E-state index contributed by atoms with van der Waals surface area (Å²) in [6, 6.07) is 7.54. The summed E-state index contributed by atoms with van der Waals surface area (Å²) in [5.41, 5.74) is -1.46. The predicted molar refractivity (Wildman–Crippen MR) is 90.8 cm³/mol. The summed E-state index contributed by atoms with van der Waals surface area (Å²) in [5.74, 6) is 0. The maximum atomic E-state index is 12.6. The standard InChI is InChI=1S/C16H21F3N2O6S/c17-16(18,19)13(10-22)27-14(23)21-8-6-15(24,7-9-21)11-20-28(25,26)12-4-2-1-3-5-12/h1-5,13,20,22,24H,6-11H2. The van der Waals surface area contributed by atoms with Crippen molar-refractivity contribution in [3.8, 4) is 0 Å². The van der Waals surface area contributed by atoms with Crippen molar-refractivity contribution in [1.29, 1.82) is 0 Å². The first-order valence-electron chi connectivity index (χ1n) is 8.37. The SMILES string of the molecule is O=C(OC(CO)C(F)(F)F)N1CCC(O)(CNS(=O)(=O)c2ccccc2)CC1. The van der Waals surface area contributed by atoms with E-state index in [1.165, 1.54) is 12.1 Å². The van der Waals surface area contributed by atoms with Gasteiger partial charge in [-0.3, -0.25) is 0 Å². The minimum Gasteiger partial charge on any atom is -0.434 e. The molecule has 2 rings (SSSR count). The molecule has 1 heterocycles. The van der Waals surface area contributed by atoms with E-state index in [9.17, 15) is 31.5 Å². The third-order valence-corrected chi connectivity index (χ3v) is 5.79. The van der Waals surface area contributed by atoms with Gasteiger partial charge in [0.05, 0.1) is 17.1 Å². The van der Waals surface area contributed by atoms with Crippen LogP contribution in [0.3, 0.4) is 0 Å². The Balaban J connectivity index is 1.89. The Bertz CT molecular complexity index is 764. The first-order valence-corrected chi connectivity index (χ1v) is 9.85. The van der Waals surface area contributed by atoms with E-state index >= 15 is 0 Å². The van der Waals surface area contributed by atoms with Crippen LogP contribution >= 0.6 is 0 Å². The van der Waals surface area contributed by atoms with Crippen molar-refractivity contribution in [3.05, 3.63) is 30.3 Å². The number of likely N-dealkylation sites (tertiary alicyclic amines) is 1. The van der Waals surface area contributed by atoms with Gasteiger partial charge in [-0.05, 0) is 25.0 Å². The number of benzene rings is 1. The lowest BCUT2D eigenvalue weighted by atomic mass is 9.92. The lowest BCUT2D eigenvalue weighted by Gasteiger charge is -2.38. The lowest BCUT2D eigenvalue weighted by molar-refractivity contribution is -0.215. The van der Waals surface area contributed by atoms with Gasteiger partial charge in [-0.1, -0.05) is 18.2 Å². The summed E-state index contributed by atoms with van der Waals surface area (Å²) >= 11 is 0. The average Bonchev–Trinajstić information content (AvgIpc) is 2.65.